The maximum Gasteiger partial charge on any atom is 0.317 e. The standard InChI is InChI=1S/C20H30N4O3/c25-19(23-10-5-2-6-11-23)17-22-12-14-24(15-13-22)20(26)21-9-16-27-18-7-3-1-4-8-18/h1,3-4,7-8H,2,5-6,9-17H2,(H,21,26). The Hall–Kier alpha value is -2.28. The summed E-state index contributed by atoms with van der Waals surface area (Å²) >= 11 is 0. The summed E-state index contributed by atoms with van der Waals surface area (Å²) < 4.78 is 5.58. The lowest BCUT2D eigenvalue weighted by atomic mass is 10.1. The van der Waals surface area contributed by atoms with Gasteiger partial charge >= 0.3 is 6.03 Å². The third-order valence-electron chi connectivity index (χ3n) is 5.12. The summed E-state index contributed by atoms with van der Waals surface area (Å²) in [5.74, 6) is 1.03. The highest BCUT2D eigenvalue weighted by atomic mass is 16.5. The molecule has 1 N–H and O–H groups in total. The van der Waals surface area contributed by atoms with Crippen molar-refractivity contribution in [1.29, 1.82) is 0 Å². The van der Waals surface area contributed by atoms with Crippen LogP contribution in [0.3, 0.4) is 0 Å². The van der Waals surface area contributed by atoms with Crippen LogP contribution in [0.2, 0.25) is 0 Å². The highest BCUT2D eigenvalue weighted by Gasteiger charge is 2.24. The quantitative estimate of drug-likeness (QED) is 0.765. The second-order valence-electron chi connectivity index (χ2n) is 7.10. The maximum atomic E-state index is 12.4. The monoisotopic (exact) mass is 374 g/mol. The molecule has 3 rings (SSSR count). The molecule has 0 saturated carbocycles. The minimum atomic E-state index is -0.0614. The van der Waals surface area contributed by atoms with Gasteiger partial charge in [-0.15, -0.1) is 0 Å². The van der Waals surface area contributed by atoms with Gasteiger partial charge in [-0.05, 0) is 31.4 Å². The lowest BCUT2D eigenvalue weighted by Crippen LogP contribution is -2.54. The Morgan fingerprint density at radius 2 is 1.59 bits per heavy atom. The maximum absolute atomic E-state index is 12.4. The van der Waals surface area contributed by atoms with Crippen LogP contribution in [0.5, 0.6) is 5.75 Å². The number of piperazine rings is 1. The third kappa shape index (κ3) is 6.13. The number of urea groups is 1. The smallest absolute Gasteiger partial charge is 0.317 e. The van der Waals surface area contributed by atoms with E-state index in [1.165, 1.54) is 6.42 Å². The summed E-state index contributed by atoms with van der Waals surface area (Å²) in [6.45, 7) is 5.97. The first-order chi connectivity index (χ1) is 13.2. The number of nitrogens with one attached hydrogen (secondary N) is 1. The van der Waals surface area contributed by atoms with Gasteiger partial charge in [0.2, 0.25) is 5.91 Å². The zero-order valence-electron chi connectivity index (χ0n) is 15.9. The Bertz CT molecular complexity index is 597. The van der Waals surface area contributed by atoms with Gasteiger partial charge in [0.25, 0.3) is 0 Å². The molecule has 2 fully saturated rings. The van der Waals surface area contributed by atoms with Crippen LogP contribution in [0, 0.1) is 0 Å². The average Bonchev–Trinajstić information content (AvgIpc) is 2.73. The van der Waals surface area contributed by atoms with Crippen LogP contribution >= 0.6 is 0 Å². The molecule has 27 heavy (non-hydrogen) atoms. The number of para-hydroxylation sites is 1. The molecule has 0 radical (unpaired) electrons. The van der Waals surface area contributed by atoms with E-state index < -0.39 is 0 Å². The fourth-order valence-electron chi connectivity index (χ4n) is 3.50. The van der Waals surface area contributed by atoms with Gasteiger partial charge in [0.15, 0.2) is 0 Å². The first kappa shape index (κ1) is 19.5. The summed E-state index contributed by atoms with van der Waals surface area (Å²) in [7, 11) is 0. The Kier molecular flexibility index (Phi) is 7.33. The molecule has 0 unspecified atom stereocenters. The Balaban J connectivity index is 1.30. The van der Waals surface area contributed by atoms with Gasteiger partial charge in [-0.1, -0.05) is 18.2 Å². The van der Waals surface area contributed by atoms with Gasteiger partial charge in [-0.25, -0.2) is 4.79 Å². The van der Waals surface area contributed by atoms with Crippen LogP contribution in [0.1, 0.15) is 19.3 Å². The van der Waals surface area contributed by atoms with E-state index in [1.54, 1.807) is 0 Å². The number of amides is 3. The van der Waals surface area contributed by atoms with Crippen molar-refractivity contribution in [1.82, 2.24) is 20.0 Å². The van der Waals surface area contributed by atoms with E-state index in [2.05, 4.69) is 10.2 Å². The summed E-state index contributed by atoms with van der Waals surface area (Å²) in [6.07, 6.45) is 3.47. The summed E-state index contributed by atoms with van der Waals surface area (Å²) in [5.41, 5.74) is 0. The number of hydrogen-bond acceptors (Lipinski definition) is 4. The number of hydrogen-bond donors (Lipinski definition) is 1. The molecule has 148 valence electrons. The fourth-order valence-corrected chi connectivity index (χ4v) is 3.50. The van der Waals surface area contributed by atoms with Crippen LogP contribution in [0.15, 0.2) is 30.3 Å². The lowest BCUT2D eigenvalue weighted by molar-refractivity contribution is -0.133. The van der Waals surface area contributed by atoms with Crippen molar-refractivity contribution in [2.24, 2.45) is 0 Å². The van der Waals surface area contributed by atoms with E-state index in [1.807, 2.05) is 40.1 Å². The summed E-state index contributed by atoms with van der Waals surface area (Å²) in [5, 5.41) is 2.90. The zero-order chi connectivity index (χ0) is 18.9. The van der Waals surface area contributed by atoms with E-state index in [9.17, 15) is 9.59 Å². The molecular weight excluding hydrogens is 344 g/mol. The molecule has 0 spiro atoms. The summed E-state index contributed by atoms with van der Waals surface area (Å²) in [4.78, 5) is 30.5. The van der Waals surface area contributed by atoms with E-state index in [0.29, 0.717) is 32.8 Å². The normalized spacial score (nSPS) is 18.2. The predicted molar refractivity (Wildman–Crippen MR) is 104 cm³/mol. The molecular formula is C20H30N4O3. The molecule has 0 aliphatic carbocycles. The molecule has 2 saturated heterocycles. The van der Waals surface area contributed by atoms with Gasteiger partial charge in [0.05, 0.1) is 13.1 Å². The summed E-state index contributed by atoms with van der Waals surface area (Å²) in [6, 6.07) is 9.51. The van der Waals surface area contributed by atoms with Crippen LogP contribution in [0.25, 0.3) is 0 Å². The number of likely N-dealkylation sites (tertiary alicyclic amines) is 1. The minimum absolute atomic E-state index is 0.0614. The first-order valence-electron chi connectivity index (χ1n) is 9.93. The molecule has 7 nitrogen and oxygen atoms in total. The van der Waals surface area contributed by atoms with E-state index in [0.717, 1.165) is 44.8 Å². The zero-order valence-corrected chi connectivity index (χ0v) is 15.9. The minimum Gasteiger partial charge on any atom is -0.492 e. The number of rotatable bonds is 6. The first-order valence-corrected chi connectivity index (χ1v) is 9.93. The number of carbonyl (C=O) groups excluding carboxylic acids is 2. The van der Waals surface area contributed by atoms with Crippen molar-refractivity contribution in [2.75, 3.05) is 59.0 Å². The Morgan fingerprint density at radius 3 is 2.30 bits per heavy atom. The highest BCUT2D eigenvalue weighted by Crippen LogP contribution is 2.10. The molecule has 2 aliphatic rings. The largest absolute Gasteiger partial charge is 0.492 e. The molecule has 0 bridgehead atoms. The van der Waals surface area contributed by atoms with Crippen molar-refractivity contribution in [3.05, 3.63) is 30.3 Å². The van der Waals surface area contributed by atoms with Gasteiger partial charge < -0.3 is 19.9 Å². The van der Waals surface area contributed by atoms with E-state index in [4.69, 9.17) is 4.74 Å². The van der Waals surface area contributed by atoms with Crippen LogP contribution < -0.4 is 10.1 Å². The number of nitrogens with zero attached hydrogens (tertiary/aromatic N) is 3. The highest BCUT2D eigenvalue weighted by molar-refractivity contribution is 5.78. The van der Waals surface area contributed by atoms with Gasteiger partial charge in [-0.2, -0.15) is 0 Å². The second kappa shape index (κ2) is 10.2. The van der Waals surface area contributed by atoms with Gasteiger partial charge in [0, 0.05) is 39.3 Å². The Labute approximate surface area is 161 Å². The predicted octanol–water partition coefficient (Wildman–Crippen LogP) is 1.41. The molecule has 7 heteroatoms. The second-order valence-corrected chi connectivity index (χ2v) is 7.10. The van der Waals surface area contributed by atoms with Gasteiger partial charge in [-0.3, -0.25) is 9.69 Å². The van der Waals surface area contributed by atoms with E-state index >= 15 is 0 Å². The number of ether oxygens (including phenoxy) is 1. The van der Waals surface area contributed by atoms with Crippen LogP contribution in [-0.2, 0) is 4.79 Å². The lowest BCUT2D eigenvalue weighted by Gasteiger charge is -2.36. The molecule has 2 aliphatic heterocycles. The number of piperidine rings is 1. The van der Waals surface area contributed by atoms with Crippen molar-refractivity contribution >= 4 is 11.9 Å². The fraction of sp³-hybridized carbons (Fsp3) is 0.600. The van der Waals surface area contributed by atoms with Crippen molar-refractivity contribution in [2.45, 2.75) is 19.3 Å². The van der Waals surface area contributed by atoms with Crippen molar-refractivity contribution in [3.8, 4) is 5.75 Å². The molecule has 1 aromatic carbocycles. The average molecular weight is 374 g/mol. The van der Waals surface area contributed by atoms with Crippen LogP contribution in [0.4, 0.5) is 4.79 Å². The molecule has 0 atom stereocenters. The molecule has 0 aromatic heterocycles. The third-order valence-corrected chi connectivity index (χ3v) is 5.12. The topological polar surface area (TPSA) is 65.1 Å². The van der Waals surface area contributed by atoms with Crippen molar-refractivity contribution in [3.63, 3.8) is 0 Å². The van der Waals surface area contributed by atoms with E-state index in [-0.39, 0.29) is 11.9 Å². The van der Waals surface area contributed by atoms with Gasteiger partial charge in [0.1, 0.15) is 12.4 Å². The van der Waals surface area contributed by atoms with Crippen LogP contribution in [-0.4, -0.2) is 85.6 Å². The van der Waals surface area contributed by atoms with Crippen molar-refractivity contribution < 1.29 is 14.3 Å². The molecule has 1 aromatic rings. The Morgan fingerprint density at radius 1 is 0.889 bits per heavy atom. The SMILES string of the molecule is O=C(CN1CCN(C(=O)NCCOc2ccccc2)CC1)N1CCCCC1. The number of benzene rings is 1. The number of carbonyl (C=O) groups is 2. The molecule has 3 amide bonds. The molecule has 2 heterocycles.